The van der Waals surface area contributed by atoms with Crippen LogP contribution in [0.2, 0.25) is 0 Å². The fourth-order valence-corrected chi connectivity index (χ4v) is 7.32. The Bertz CT molecular complexity index is 1690. The zero-order chi connectivity index (χ0) is 32.9. The summed E-state index contributed by atoms with van der Waals surface area (Å²) < 4.78 is 28.0. The van der Waals surface area contributed by atoms with Crippen LogP contribution < -0.4 is 15.0 Å². The third-order valence-corrected chi connectivity index (χ3v) is 9.91. The number of carbonyl (C=O) groups is 3. The zero-order valence-corrected chi connectivity index (χ0v) is 28.3. The van der Waals surface area contributed by atoms with Gasteiger partial charge >= 0.3 is 12.1 Å². The first-order valence-corrected chi connectivity index (χ1v) is 16.1. The number of rotatable bonds is 7. The lowest BCUT2D eigenvalue weighted by Gasteiger charge is -2.31. The number of halogens is 1. The van der Waals surface area contributed by atoms with Gasteiger partial charge < -0.3 is 48.7 Å². The second kappa shape index (κ2) is 12.6. The molecule has 2 aromatic rings. The van der Waals surface area contributed by atoms with Crippen molar-refractivity contribution in [3.05, 3.63) is 58.0 Å². The molecule has 2 unspecified atom stereocenters. The minimum Gasteiger partial charge on any atom is -0.495 e. The van der Waals surface area contributed by atoms with Crippen molar-refractivity contribution < 1.29 is 38.1 Å². The Morgan fingerprint density at radius 2 is 1.76 bits per heavy atom. The van der Waals surface area contributed by atoms with Gasteiger partial charge in [-0.25, -0.2) is 9.59 Å². The molecule has 246 valence electrons. The highest BCUT2D eigenvalue weighted by Crippen LogP contribution is 2.48. The predicted molar refractivity (Wildman–Crippen MR) is 173 cm³/mol. The molecule has 6 rings (SSSR count). The number of hydrogen-bond donors (Lipinski definition) is 2. The summed E-state index contributed by atoms with van der Waals surface area (Å²) in [6, 6.07) is 1.35. The maximum absolute atomic E-state index is 14.4. The van der Waals surface area contributed by atoms with E-state index in [0.717, 1.165) is 18.7 Å². The SMILES string of the molecule is COC(=O)c1c(C)[nH]c2c(OC(=O)N3CCN(C)CC3)cc3c(c12)[C@H](CBr)CN3C(=O)C1=CC2C=C(OC)C(OC)=C(OC)C2N1. The van der Waals surface area contributed by atoms with E-state index in [-0.39, 0.29) is 29.5 Å². The Kier molecular flexibility index (Phi) is 8.68. The monoisotopic (exact) mass is 699 g/mol. The van der Waals surface area contributed by atoms with Crippen molar-refractivity contribution in [2.45, 2.75) is 18.9 Å². The topological polar surface area (TPSA) is 135 Å². The molecule has 13 nitrogen and oxygen atoms in total. The van der Waals surface area contributed by atoms with E-state index in [1.54, 1.807) is 37.0 Å². The van der Waals surface area contributed by atoms with E-state index >= 15 is 0 Å². The molecule has 4 heterocycles. The molecule has 2 N–H and O–H groups in total. The summed E-state index contributed by atoms with van der Waals surface area (Å²) in [5.41, 5.74) is 3.14. The zero-order valence-electron chi connectivity index (χ0n) is 26.7. The minimum atomic E-state index is -0.524. The standard InChI is InChI=1S/C32H38BrN5O8/c1-16-23(31(40)45-6)25-24-18(14-33)15-38(20(24)13-21(27(25)34-16)46-32(41)37-9-7-36(2)8-10-37)30(39)19-11-17-12-22(42-3)28(43-4)29(44-5)26(17)35-19/h11-13,17-18,26,34-35H,7-10,14-15H2,1-6H3/t17?,18-,26?/m1/s1. The number of aromatic amines is 1. The largest absolute Gasteiger partial charge is 0.495 e. The number of amides is 2. The highest BCUT2D eigenvalue weighted by atomic mass is 79.9. The van der Waals surface area contributed by atoms with E-state index in [0.29, 0.717) is 75.8 Å². The van der Waals surface area contributed by atoms with Gasteiger partial charge in [-0.15, -0.1) is 0 Å². The van der Waals surface area contributed by atoms with E-state index in [2.05, 4.69) is 31.1 Å². The number of fused-ring (bicyclic) bond motifs is 4. The van der Waals surface area contributed by atoms with Gasteiger partial charge in [0.05, 0.1) is 56.9 Å². The molecule has 0 saturated carbocycles. The Morgan fingerprint density at radius 3 is 2.39 bits per heavy atom. The summed E-state index contributed by atoms with van der Waals surface area (Å²) in [4.78, 5) is 49.6. The highest BCUT2D eigenvalue weighted by Gasteiger charge is 2.43. The number of aromatic nitrogens is 1. The van der Waals surface area contributed by atoms with Gasteiger partial charge in [0.25, 0.3) is 5.91 Å². The van der Waals surface area contributed by atoms with Crippen LogP contribution >= 0.6 is 15.9 Å². The maximum Gasteiger partial charge on any atom is 0.415 e. The average molecular weight is 701 g/mol. The number of anilines is 1. The number of nitrogens with one attached hydrogen (secondary N) is 2. The molecule has 3 atom stereocenters. The lowest BCUT2D eigenvalue weighted by molar-refractivity contribution is -0.115. The van der Waals surface area contributed by atoms with Crippen molar-refractivity contribution in [3.63, 3.8) is 0 Å². The molecular weight excluding hydrogens is 662 g/mol. The number of carbonyl (C=O) groups excluding carboxylic acids is 3. The predicted octanol–water partition coefficient (Wildman–Crippen LogP) is 3.35. The first-order valence-electron chi connectivity index (χ1n) is 15.0. The lowest BCUT2D eigenvalue weighted by Crippen LogP contribution is -2.48. The van der Waals surface area contributed by atoms with Crippen molar-refractivity contribution >= 4 is 50.5 Å². The normalized spacial score (nSPS) is 22.5. The van der Waals surface area contributed by atoms with Gasteiger partial charge in [-0.1, -0.05) is 15.9 Å². The van der Waals surface area contributed by atoms with Crippen molar-refractivity contribution in [1.29, 1.82) is 0 Å². The van der Waals surface area contributed by atoms with Gasteiger partial charge in [0, 0.05) is 67.0 Å². The number of H-pyrrole nitrogens is 1. The Morgan fingerprint density at radius 1 is 1.02 bits per heavy atom. The van der Waals surface area contributed by atoms with Gasteiger partial charge in [0.2, 0.25) is 5.76 Å². The third-order valence-electron chi connectivity index (χ3n) is 9.13. The molecule has 1 saturated heterocycles. The quantitative estimate of drug-likeness (QED) is 0.327. The molecule has 0 bridgehead atoms. The number of piperazine rings is 1. The highest BCUT2D eigenvalue weighted by molar-refractivity contribution is 9.09. The smallest absolute Gasteiger partial charge is 0.415 e. The minimum absolute atomic E-state index is 0.166. The van der Waals surface area contributed by atoms with Crippen LogP contribution in [0.1, 0.15) is 27.5 Å². The molecule has 1 aromatic carbocycles. The van der Waals surface area contributed by atoms with Crippen LogP contribution in [0, 0.1) is 12.8 Å². The Balaban J connectivity index is 1.43. The van der Waals surface area contributed by atoms with Crippen molar-refractivity contribution in [3.8, 4) is 5.75 Å². The first-order chi connectivity index (χ1) is 22.1. The first kappa shape index (κ1) is 31.8. The molecular formula is C32H38BrN5O8. The van der Waals surface area contributed by atoms with E-state index < -0.39 is 12.1 Å². The Hall–Kier alpha value is -4.17. The van der Waals surface area contributed by atoms with Crippen molar-refractivity contribution in [1.82, 2.24) is 20.1 Å². The molecule has 4 aliphatic rings. The van der Waals surface area contributed by atoms with E-state index in [4.69, 9.17) is 23.7 Å². The summed E-state index contributed by atoms with van der Waals surface area (Å²) in [5, 5.41) is 4.43. The number of hydrogen-bond acceptors (Lipinski definition) is 10. The summed E-state index contributed by atoms with van der Waals surface area (Å²) in [6.45, 7) is 4.63. The van der Waals surface area contributed by atoms with Crippen LogP contribution in [0.3, 0.4) is 0 Å². The van der Waals surface area contributed by atoms with Crippen molar-refractivity contribution in [2.24, 2.45) is 5.92 Å². The van der Waals surface area contributed by atoms with Gasteiger partial charge in [-0.2, -0.15) is 0 Å². The van der Waals surface area contributed by atoms with Crippen LogP contribution in [-0.2, 0) is 23.7 Å². The molecule has 3 aliphatic heterocycles. The molecule has 1 fully saturated rings. The summed E-state index contributed by atoms with van der Waals surface area (Å²) in [5.74, 6) is 0.542. The number of benzene rings is 1. The molecule has 1 aliphatic carbocycles. The summed E-state index contributed by atoms with van der Waals surface area (Å²) in [6.07, 6.45) is 3.25. The number of nitrogens with zero attached hydrogens (tertiary/aromatic N) is 3. The van der Waals surface area contributed by atoms with E-state index in [9.17, 15) is 14.4 Å². The molecule has 46 heavy (non-hydrogen) atoms. The van der Waals surface area contributed by atoms with Crippen LogP contribution in [0.4, 0.5) is 10.5 Å². The number of methoxy groups -OCH3 is 4. The lowest BCUT2D eigenvalue weighted by atomic mass is 9.94. The average Bonchev–Trinajstić information content (AvgIpc) is 3.76. The number of aryl methyl sites for hydroxylation is 1. The number of alkyl halides is 1. The molecule has 0 radical (unpaired) electrons. The summed E-state index contributed by atoms with van der Waals surface area (Å²) >= 11 is 3.64. The fraction of sp³-hybridized carbons (Fsp3) is 0.469. The molecule has 2 amide bonds. The van der Waals surface area contributed by atoms with Crippen LogP contribution in [0.5, 0.6) is 5.75 Å². The fourth-order valence-electron chi connectivity index (χ4n) is 6.79. The van der Waals surface area contributed by atoms with Gasteiger partial charge in [-0.3, -0.25) is 4.79 Å². The maximum atomic E-state index is 14.4. The van der Waals surface area contributed by atoms with E-state index in [1.807, 2.05) is 19.2 Å². The van der Waals surface area contributed by atoms with Gasteiger partial charge in [-0.05, 0) is 31.7 Å². The second-order valence-electron chi connectivity index (χ2n) is 11.7. The van der Waals surface area contributed by atoms with Crippen LogP contribution in [0.25, 0.3) is 10.9 Å². The van der Waals surface area contributed by atoms with Crippen molar-refractivity contribution in [2.75, 3.05) is 78.4 Å². The number of ether oxygens (including phenoxy) is 5. The number of esters is 1. The molecule has 1 aromatic heterocycles. The summed E-state index contributed by atoms with van der Waals surface area (Å²) in [7, 11) is 7.98. The van der Waals surface area contributed by atoms with Crippen LogP contribution in [0.15, 0.2) is 41.2 Å². The third kappa shape index (κ3) is 5.16. The van der Waals surface area contributed by atoms with E-state index in [1.165, 1.54) is 14.2 Å². The van der Waals surface area contributed by atoms with Gasteiger partial charge in [0.1, 0.15) is 0 Å². The van der Waals surface area contributed by atoms with Gasteiger partial charge in [0.15, 0.2) is 17.3 Å². The second-order valence-corrected chi connectivity index (χ2v) is 12.4. The molecule has 0 spiro atoms. The van der Waals surface area contributed by atoms with Crippen LogP contribution in [-0.4, -0.2) is 112 Å². The Labute approximate surface area is 275 Å². The number of likely N-dealkylation sites (N-methyl/N-ethyl adjacent to an activating group) is 1. The molecule has 14 heteroatoms.